The lowest BCUT2D eigenvalue weighted by atomic mass is 10.00. The molecule has 2 aromatic heterocycles. The third kappa shape index (κ3) is 2.64. The third-order valence-corrected chi connectivity index (χ3v) is 5.79. The Morgan fingerprint density at radius 3 is 2.93 bits per heavy atom. The molecule has 4 heterocycles. The van der Waals surface area contributed by atoms with E-state index in [-0.39, 0.29) is 13.2 Å². The van der Waals surface area contributed by atoms with Crippen molar-refractivity contribution in [3.8, 4) is 0 Å². The standard InChI is InChI=1S/C18H18BrN5O4/c19-14-11-15(20)21-9-22-16(11)24(23-14)17-12-13(18(7-25,28-17)8-27-12)26-6-10-4-2-1-3-5-10/h1-5,9,12-13,17,25H,6-8H2,(H2,20,21,22)/t12?,13?,17-,18+/m1/s1. The highest BCUT2D eigenvalue weighted by atomic mass is 79.9. The summed E-state index contributed by atoms with van der Waals surface area (Å²) in [4.78, 5) is 8.31. The molecule has 2 saturated heterocycles. The van der Waals surface area contributed by atoms with Crippen LogP contribution in [0.25, 0.3) is 11.0 Å². The van der Waals surface area contributed by atoms with Crippen molar-refractivity contribution in [1.29, 1.82) is 0 Å². The second-order valence-electron chi connectivity index (χ2n) is 6.92. The van der Waals surface area contributed by atoms with Gasteiger partial charge < -0.3 is 25.1 Å². The van der Waals surface area contributed by atoms with Crippen LogP contribution in [0.4, 0.5) is 5.82 Å². The molecular weight excluding hydrogens is 430 g/mol. The van der Waals surface area contributed by atoms with E-state index in [0.717, 1.165) is 5.56 Å². The number of nitrogens with two attached hydrogens (primary N) is 1. The summed E-state index contributed by atoms with van der Waals surface area (Å²) in [5.41, 5.74) is 6.57. The number of aliphatic hydroxyl groups excluding tert-OH is 1. The van der Waals surface area contributed by atoms with Crippen LogP contribution >= 0.6 is 15.9 Å². The van der Waals surface area contributed by atoms with Gasteiger partial charge in [-0.15, -0.1) is 0 Å². The van der Waals surface area contributed by atoms with Gasteiger partial charge in [0, 0.05) is 0 Å². The van der Waals surface area contributed by atoms with Crippen molar-refractivity contribution in [1.82, 2.24) is 19.7 Å². The van der Waals surface area contributed by atoms with E-state index in [1.54, 1.807) is 4.68 Å². The summed E-state index contributed by atoms with van der Waals surface area (Å²) < 4.78 is 20.4. The molecule has 0 radical (unpaired) electrons. The Morgan fingerprint density at radius 2 is 2.14 bits per heavy atom. The summed E-state index contributed by atoms with van der Waals surface area (Å²) in [7, 11) is 0. The zero-order valence-corrected chi connectivity index (χ0v) is 16.3. The summed E-state index contributed by atoms with van der Waals surface area (Å²) >= 11 is 3.41. The number of fused-ring (bicyclic) bond motifs is 3. The van der Waals surface area contributed by atoms with Crippen LogP contribution in [0.1, 0.15) is 11.8 Å². The summed E-state index contributed by atoms with van der Waals surface area (Å²) in [5.74, 6) is 0.320. The van der Waals surface area contributed by atoms with Crippen molar-refractivity contribution in [2.75, 3.05) is 18.9 Å². The van der Waals surface area contributed by atoms with Gasteiger partial charge in [-0.2, -0.15) is 5.10 Å². The number of benzene rings is 1. The molecule has 0 aliphatic carbocycles. The molecule has 2 fully saturated rings. The highest BCUT2D eigenvalue weighted by Gasteiger charge is 2.63. The largest absolute Gasteiger partial charge is 0.393 e. The number of nitrogen functional groups attached to an aromatic ring is 1. The molecule has 9 nitrogen and oxygen atoms in total. The molecule has 3 aromatic rings. The summed E-state index contributed by atoms with van der Waals surface area (Å²) in [5, 5.41) is 15.2. The number of anilines is 1. The molecule has 0 amide bonds. The van der Waals surface area contributed by atoms with Crippen molar-refractivity contribution >= 4 is 32.8 Å². The number of halogens is 1. The number of ether oxygens (including phenoxy) is 3. The van der Waals surface area contributed by atoms with Crippen LogP contribution in [0.15, 0.2) is 41.3 Å². The highest BCUT2D eigenvalue weighted by molar-refractivity contribution is 9.10. The maximum absolute atomic E-state index is 10.1. The van der Waals surface area contributed by atoms with Crippen molar-refractivity contribution < 1.29 is 19.3 Å². The Labute approximate surface area is 168 Å². The SMILES string of the molecule is Nc1ncnc2c1c(Br)nn2[C@@H]1O[C@@]2(CO)COC1C2OCc1ccccc1. The smallest absolute Gasteiger partial charge is 0.182 e. The first-order valence-corrected chi connectivity index (χ1v) is 9.62. The number of aromatic nitrogens is 4. The van der Waals surface area contributed by atoms with Crippen LogP contribution in [-0.4, -0.2) is 55.9 Å². The highest BCUT2D eigenvalue weighted by Crippen LogP contribution is 2.47. The molecule has 146 valence electrons. The molecule has 3 N–H and O–H groups in total. The molecular formula is C18H18BrN5O4. The van der Waals surface area contributed by atoms with E-state index in [1.165, 1.54) is 6.33 Å². The van der Waals surface area contributed by atoms with Crippen molar-refractivity contribution in [2.45, 2.75) is 30.6 Å². The fourth-order valence-corrected chi connectivity index (χ4v) is 4.40. The van der Waals surface area contributed by atoms with Crippen LogP contribution in [0.2, 0.25) is 0 Å². The molecule has 0 spiro atoms. The van der Waals surface area contributed by atoms with Crippen molar-refractivity contribution in [2.24, 2.45) is 0 Å². The number of hydrogen-bond donors (Lipinski definition) is 2. The fourth-order valence-electron chi connectivity index (χ4n) is 3.85. The van der Waals surface area contributed by atoms with E-state index in [4.69, 9.17) is 19.9 Å². The molecule has 5 rings (SSSR count). The van der Waals surface area contributed by atoms with Gasteiger partial charge in [0.15, 0.2) is 11.9 Å². The van der Waals surface area contributed by atoms with Gasteiger partial charge in [0.25, 0.3) is 0 Å². The van der Waals surface area contributed by atoms with Gasteiger partial charge in [0.2, 0.25) is 0 Å². The minimum Gasteiger partial charge on any atom is -0.393 e. The lowest BCUT2D eigenvalue weighted by Gasteiger charge is -2.29. The van der Waals surface area contributed by atoms with Crippen LogP contribution in [0.5, 0.6) is 0 Å². The van der Waals surface area contributed by atoms with E-state index in [0.29, 0.717) is 28.1 Å². The molecule has 4 atom stereocenters. The maximum atomic E-state index is 10.1. The molecule has 0 saturated carbocycles. The minimum atomic E-state index is -0.951. The quantitative estimate of drug-likeness (QED) is 0.602. The zero-order valence-electron chi connectivity index (χ0n) is 14.7. The van der Waals surface area contributed by atoms with Gasteiger partial charge in [-0.3, -0.25) is 0 Å². The van der Waals surface area contributed by atoms with Gasteiger partial charge >= 0.3 is 0 Å². The number of rotatable bonds is 5. The van der Waals surface area contributed by atoms with Gasteiger partial charge in [0.1, 0.15) is 34.6 Å². The lowest BCUT2D eigenvalue weighted by molar-refractivity contribution is -0.190. The predicted molar refractivity (Wildman–Crippen MR) is 102 cm³/mol. The second-order valence-corrected chi connectivity index (χ2v) is 7.67. The molecule has 1 aromatic carbocycles. The van der Waals surface area contributed by atoms with E-state index in [1.807, 2.05) is 30.3 Å². The molecule has 28 heavy (non-hydrogen) atoms. The second kappa shape index (κ2) is 6.75. The van der Waals surface area contributed by atoms with E-state index >= 15 is 0 Å². The third-order valence-electron chi connectivity index (χ3n) is 5.23. The molecule has 10 heteroatoms. The van der Waals surface area contributed by atoms with E-state index in [9.17, 15) is 5.11 Å². The average Bonchev–Trinajstić information content (AvgIpc) is 3.35. The first kappa shape index (κ1) is 18.0. The van der Waals surface area contributed by atoms with Gasteiger partial charge in [-0.25, -0.2) is 14.6 Å². The molecule has 2 unspecified atom stereocenters. The summed E-state index contributed by atoms with van der Waals surface area (Å²) in [6, 6.07) is 9.83. The van der Waals surface area contributed by atoms with Crippen molar-refractivity contribution in [3.63, 3.8) is 0 Å². The molecule has 2 aliphatic rings. The maximum Gasteiger partial charge on any atom is 0.182 e. The summed E-state index contributed by atoms with van der Waals surface area (Å²) in [6.07, 6.45) is -0.117. The van der Waals surface area contributed by atoms with E-state index in [2.05, 4.69) is 31.0 Å². The van der Waals surface area contributed by atoms with Crippen molar-refractivity contribution in [3.05, 3.63) is 46.8 Å². The van der Waals surface area contributed by atoms with E-state index < -0.39 is 24.0 Å². The average molecular weight is 448 g/mol. The first-order valence-electron chi connectivity index (χ1n) is 8.83. The normalized spacial score (nSPS) is 29.0. The van der Waals surface area contributed by atoms with Gasteiger partial charge in [0.05, 0.1) is 25.2 Å². The van der Waals surface area contributed by atoms with Crippen LogP contribution in [-0.2, 0) is 20.8 Å². The Bertz CT molecular complexity index is 1020. The van der Waals surface area contributed by atoms with Gasteiger partial charge in [-0.1, -0.05) is 30.3 Å². The Kier molecular flexibility index (Phi) is 4.33. The lowest BCUT2D eigenvalue weighted by Crippen LogP contribution is -2.45. The molecule has 2 aliphatic heterocycles. The van der Waals surface area contributed by atoms with Crippen LogP contribution in [0, 0.1) is 0 Å². The topological polar surface area (TPSA) is 118 Å². The van der Waals surface area contributed by atoms with Crippen LogP contribution in [0.3, 0.4) is 0 Å². The fraction of sp³-hybridized carbons (Fsp3) is 0.389. The summed E-state index contributed by atoms with van der Waals surface area (Å²) in [6.45, 7) is 0.417. The Morgan fingerprint density at radius 1 is 1.32 bits per heavy atom. The number of nitrogens with zero attached hydrogens (tertiary/aromatic N) is 4. The Hall–Kier alpha value is -2.11. The Balaban J connectivity index is 1.48. The predicted octanol–water partition coefficient (Wildman–Crippen LogP) is 1.42. The number of hydrogen-bond acceptors (Lipinski definition) is 8. The molecule has 2 bridgehead atoms. The first-order chi connectivity index (χ1) is 13.6. The van der Waals surface area contributed by atoms with Gasteiger partial charge in [-0.05, 0) is 21.5 Å². The number of aliphatic hydroxyl groups is 1. The zero-order chi connectivity index (χ0) is 19.3. The monoisotopic (exact) mass is 447 g/mol. The minimum absolute atomic E-state index is 0.225. The van der Waals surface area contributed by atoms with Crippen LogP contribution < -0.4 is 5.73 Å².